The van der Waals surface area contributed by atoms with Crippen LogP contribution in [0.2, 0.25) is 0 Å². The van der Waals surface area contributed by atoms with Crippen LogP contribution in [0.1, 0.15) is 24.2 Å². The van der Waals surface area contributed by atoms with Crippen molar-refractivity contribution in [3.05, 3.63) is 66.0 Å². The van der Waals surface area contributed by atoms with Crippen LogP contribution in [0, 0.1) is 5.92 Å². The molecule has 2 saturated heterocycles. The van der Waals surface area contributed by atoms with Crippen LogP contribution in [0.15, 0.2) is 54.6 Å². The van der Waals surface area contributed by atoms with Crippen molar-refractivity contribution >= 4 is 16.9 Å². The molecule has 2 aliphatic rings. The monoisotopic (exact) mass is 417 g/mol. The van der Waals surface area contributed by atoms with Gasteiger partial charge in [0.25, 0.3) is 0 Å². The van der Waals surface area contributed by atoms with Crippen LogP contribution in [0.5, 0.6) is 0 Å². The van der Waals surface area contributed by atoms with Crippen molar-refractivity contribution in [1.29, 1.82) is 0 Å². The van der Waals surface area contributed by atoms with Crippen molar-refractivity contribution in [3.8, 4) is 0 Å². The number of imidazole rings is 1. The van der Waals surface area contributed by atoms with Crippen molar-refractivity contribution in [1.82, 2.24) is 24.7 Å². The Labute approximate surface area is 183 Å². The van der Waals surface area contributed by atoms with Crippen LogP contribution in [0.25, 0.3) is 11.0 Å². The van der Waals surface area contributed by atoms with E-state index in [2.05, 4.69) is 56.1 Å². The van der Waals surface area contributed by atoms with Gasteiger partial charge in [-0.15, -0.1) is 0 Å². The minimum Gasteiger partial charge on any atom is -0.341 e. The summed E-state index contributed by atoms with van der Waals surface area (Å²) in [4.78, 5) is 28.2. The van der Waals surface area contributed by atoms with Crippen LogP contribution in [-0.4, -0.2) is 69.8 Å². The number of hydrogen-bond donors (Lipinski definition) is 1. The van der Waals surface area contributed by atoms with E-state index in [9.17, 15) is 4.79 Å². The summed E-state index contributed by atoms with van der Waals surface area (Å²) in [5.41, 5.74) is 3.46. The number of aromatic nitrogens is 2. The normalized spacial score (nSPS) is 19.2. The van der Waals surface area contributed by atoms with Crippen LogP contribution >= 0.6 is 0 Å². The Bertz CT molecular complexity index is 968. The Hall–Kier alpha value is -2.70. The van der Waals surface area contributed by atoms with Crippen molar-refractivity contribution < 1.29 is 4.79 Å². The van der Waals surface area contributed by atoms with Gasteiger partial charge in [-0.1, -0.05) is 42.5 Å². The average Bonchev–Trinajstić information content (AvgIpc) is 3.23. The predicted molar refractivity (Wildman–Crippen MR) is 122 cm³/mol. The molecule has 3 heterocycles. The lowest BCUT2D eigenvalue weighted by molar-refractivity contribution is -0.139. The molecule has 1 amide bonds. The molecule has 0 aliphatic carbocycles. The number of rotatable bonds is 5. The highest BCUT2D eigenvalue weighted by Crippen LogP contribution is 2.22. The SMILES string of the molecule is O=C(C1CCN(Cc2nc3ccccc3[nH]2)CC1)N1CCN(Cc2ccccc2)CC1. The second kappa shape index (κ2) is 9.20. The number of fused-ring (bicyclic) bond motifs is 1. The molecule has 162 valence electrons. The van der Waals surface area contributed by atoms with Gasteiger partial charge in [0, 0.05) is 38.6 Å². The topological polar surface area (TPSA) is 55.5 Å². The molecule has 2 fully saturated rings. The van der Waals surface area contributed by atoms with E-state index >= 15 is 0 Å². The van der Waals surface area contributed by atoms with E-state index in [1.54, 1.807) is 0 Å². The molecular formula is C25H31N5O. The zero-order chi connectivity index (χ0) is 21.0. The van der Waals surface area contributed by atoms with Gasteiger partial charge >= 0.3 is 0 Å². The Morgan fingerprint density at radius 3 is 2.26 bits per heavy atom. The first-order chi connectivity index (χ1) is 15.2. The predicted octanol–water partition coefficient (Wildman–Crippen LogP) is 3.12. The smallest absolute Gasteiger partial charge is 0.225 e. The highest BCUT2D eigenvalue weighted by molar-refractivity contribution is 5.79. The number of piperazine rings is 1. The summed E-state index contributed by atoms with van der Waals surface area (Å²) in [7, 11) is 0. The van der Waals surface area contributed by atoms with Crippen molar-refractivity contribution in [2.24, 2.45) is 5.92 Å². The molecule has 1 N–H and O–H groups in total. The van der Waals surface area contributed by atoms with Crippen molar-refractivity contribution in [3.63, 3.8) is 0 Å². The fourth-order valence-corrected chi connectivity index (χ4v) is 4.86. The maximum atomic E-state index is 13.1. The molecule has 1 aromatic heterocycles. The molecule has 0 saturated carbocycles. The Kier molecular flexibility index (Phi) is 6.00. The number of nitrogens with one attached hydrogen (secondary N) is 1. The van der Waals surface area contributed by atoms with Crippen LogP contribution in [0.3, 0.4) is 0 Å². The van der Waals surface area contributed by atoms with E-state index < -0.39 is 0 Å². The highest BCUT2D eigenvalue weighted by atomic mass is 16.2. The van der Waals surface area contributed by atoms with E-state index in [1.165, 1.54) is 5.56 Å². The van der Waals surface area contributed by atoms with Gasteiger partial charge in [0.1, 0.15) is 5.82 Å². The fraction of sp³-hybridized carbons (Fsp3) is 0.440. The maximum Gasteiger partial charge on any atom is 0.225 e. The van der Waals surface area contributed by atoms with Gasteiger partial charge in [-0.2, -0.15) is 0 Å². The molecule has 0 bridgehead atoms. The third kappa shape index (κ3) is 4.81. The first-order valence-corrected chi connectivity index (χ1v) is 11.5. The molecule has 2 aromatic carbocycles. The van der Waals surface area contributed by atoms with Gasteiger partial charge in [0.15, 0.2) is 0 Å². The minimum absolute atomic E-state index is 0.174. The zero-order valence-corrected chi connectivity index (χ0v) is 18.0. The number of carbonyl (C=O) groups excluding carboxylic acids is 1. The summed E-state index contributed by atoms with van der Waals surface area (Å²) < 4.78 is 0. The lowest BCUT2D eigenvalue weighted by atomic mass is 9.95. The first-order valence-electron chi connectivity index (χ1n) is 11.5. The van der Waals surface area contributed by atoms with Crippen molar-refractivity contribution in [2.75, 3.05) is 39.3 Å². The number of benzene rings is 2. The lowest BCUT2D eigenvalue weighted by Gasteiger charge is -2.38. The van der Waals surface area contributed by atoms with Gasteiger partial charge in [0.2, 0.25) is 5.91 Å². The van der Waals surface area contributed by atoms with Crippen molar-refractivity contribution in [2.45, 2.75) is 25.9 Å². The Morgan fingerprint density at radius 1 is 0.839 bits per heavy atom. The maximum absolute atomic E-state index is 13.1. The zero-order valence-electron chi connectivity index (χ0n) is 18.0. The summed E-state index contributed by atoms with van der Waals surface area (Å²) in [6.45, 7) is 7.35. The second-order valence-electron chi connectivity index (χ2n) is 8.84. The summed E-state index contributed by atoms with van der Waals surface area (Å²) in [6.07, 6.45) is 1.90. The Morgan fingerprint density at radius 2 is 1.52 bits per heavy atom. The number of piperidine rings is 1. The first kappa shape index (κ1) is 20.2. The third-order valence-corrected chi connectivity index (χ3v) is 6.68. The van der Waals surface area contributed by atoms with Gasteiger partial charge in [-0.3, -0.25) is 14.6 Å². The molecule has 5 rings (SSSR count). The van der Waals surface area contributed by atoms with E-state index in [1.807, 2.05) is 18.2 Å². The van der Waals surface area contributed by atoms with Crippen LogP contribution in [0.4, 0.5) is 0 Å². The molecule has 2 aliphatic heterocycles. The number of nitrogens with zero attached hydrogens (tertiary/aromatic N) is 4. The lowest BCUT2D eigenvalue weighted by Crippen LogP contribution is -2.51. The standard InChI is InChI=1S/C25H31N5O/c31-25(30-16-14-29(15-17-30)18-20-6-2-1-3-7-20)21-10-12-28(13-11-21)19-24-26-22-8-4-5-9-23(22)27-24/h1-9,21H,10-19H2,(H,26,27). The number of H-pyrrole nitrogens is 1. The van der Waals surface area contributed by atoms with Gasteiger partial charge in [0.05, 0.1) is 17.6 Å². The number of hydrogen-bond acceptors (Lipinski definition) is 4. The number of aromatic amines is 1. The number of para-hydroxylation sites is 2. The number of amides is 1. The van der Waals surface area contributed by atoms with E-state index in [0.717, 1.165) is 82.1 Å². The third-order valence-electron chi connectivity index (χ3n) is 6.68. The minimum atomic E-state index is 0.174. The average molecular weight is 418 g/mol. The molecule has 0 atom stereocenters. The molecular weight excluding hydrogens is 386 g/mol. The van der Waals surface area contributed by atoms with Gasteiger partial charge < -0.3 is 9.88 Å². The molecule has 0 unspecified atom stereocenters. The van der Waals surface area contributed by atoms with Crippen LogP contribution < -0.4 is 0 Å². The highest BCUT2D eigenvalue weighted by Gasteiger charge is 2.30. The molecule has 0 radical (unpaired) electrons. The number of likely N-dealkylation sites (tertiary alicyclic amines) is 1. The summed E-state index contributed by atoms with van der Waals surface area (Å²) in [6, 6.07) is 18.8. The molecule has 6 nitrogen and oxygen atoms in total. The van der Waals surface area contributed by atoms with Gasteiger partial charge in [-0.25, -0.2) is 4.98 Å². The number of carbonyl (C=O) groups is 1. The Balaban J connectivity index is 1.08. The quantitative estimate of drug-likeness (QED) is 0.693. The summed E-state index contributed by atoms with van der Waals surface area (Å²) in [5.74, 6) is 1.55. The van der Waals surface area contributed by atoms with Gasteiger partial charge in [-0.05, 0) is 43.6 Å². The van der Waals surface area contributed by atoms with E-state index in [4.69, 9.17) is 4.98 Å². The molecule has 6 heteroatoms. The molecule has 31 heavy (non-hydrogen) atoms. The molecule has 0 spiro atoms. The van der Waals surface area contributed by atoms with E-state index in [-0.39, 0.29) is 5.92 Å². The summed E-state index contributed by atoms with van der Waals surface area (Å²) in [5, 5.41) is 0. The fourth-order valence-electron chi connectivity index (χ4n) is 4.86. The second-order valence-corrected chi connectivity index (χ2v) is 8.84. The summed E-state index contributed by atoms with van der Waals surface area (Å²) >= 11 is 0. The van der Waals surface area contributed by atoms with E-state index in [0.29, 0.717) is 5.91 Å². The van der Waals surface area contributed by atoms with Crippen LogP contribution in [-0.2, 0) is 17.9 Å². The molecule has 3 aromatic rings. The largest absolute Gasteiger partial charge is 0.341 e.